The highest BCUT2D eigenvalue weighted by Crippen LogP contribution is 2.31. The number of anilines is 2. The van der Waals surface area contributed by atoms with Crippen LogP contribution in [0.2, 0.25) is 0 Å². The third kappa shape index (κ3) is 3.97. The molecule has 8 nitrogen and oxygen atoms in total. The van der Waals surface area contributed by atoms with E-state index in [4.69, 9.17) is 5.73 Å². The van der Waals surface area contributed by atoms with Crippen LogP contribution >= 0.6 is 0 Å². The van der Waals surface area contributed by atoms with Gasteiger partial charge in [0.15, 0.2) is 11.9 Å². The molecule has 0 radical (unpaired) electrons. The van der Waals surface area contributed by atoms with Gasteiger partial charge in [0.1, 0.15) is 17.4 Å². The number of alkyl halides is 3. The molecule has 2 heterocycles. The van der Waals surface area contributed by atoms with E-state index in [9.17, 15) is 23.1 Å². The number of hydrogen-bond donors (Lipinski definition) is 3. The van der Waals surface area contributed by atoms with Gasteiger partial charge in [-0.2, -0.15) is 18.3 Å². The fourth-order valence-corrected chi connectivity index (χ4v) is 3.23. The quantitative estimate of drug-likeness (QED) is 0.446. The lowest BCUT2D eigenvalue weighted by Gasteiger charge is -2.14. The largest absolute Gasteiger partial charge is 0.416 e. The van der Waals surface area contributed by atoms with Crippen LogP contribution in [0.1, 0.15) is 22.9 Å². The Labute approximate surface area is 179 Å². The van der Waals surface area contributed by atoms with Crippen molar-refractivity contribution in [3.05, 3.63) is 71.7 Å². The second-order valence-corrected chi connectivity index (χ2v) is 7.02. The number of aliphatic hydroxyl groups is 1. The highest BCUT2D eigenvalue weighted by Gasteiger charge is 2.31. The standard InChI is InChI=1S/C21H17F3N6O2/c1-11-16-17(19(25)27-10-26-16)30(29-11)15-7-5-14(6-8-15)28-20(32)18(31)12-3-2-4-13(9-12)21(22,23)24/h2-10,18,31H,1H3,(H,28,32)(H2,25,26,27). The minimum Gasteiger partial charge on any atom is -0.382 e. The lowest BCUT2D eigenvalue weighted by molar-refractivity contribution is -0.138. The van der Waals surface area contributed by atoms with Crippen LogP contribution in [0.15, 0.2) is 54.9 Å². The summed E-state index contributed by atoms with van der Waals surface area (Å²) in [5.41, 5.74) is 7.63. The average molecular weight is 442 g/mol. The van der Waals surface area contributed by atoms with Crippen molar-refractivity contribution in [3.8, 4) is 5.69 Å². The van der Waals surface area contributed by atoms with Gasteiger partial charge in [-0.1, -0.05) is 12.1 Å². The Balaban J connectivity index is 1.54. The van der Waals surface area contributed by atoms with Crippen LogP contribution in [0.3, 0.4) is 0 Å². The second-order valence-electron chi connectivity index (χ2n) is 7.02. The molecule has 32 heavy (non-hydrogen) atoms. The van der Waals surface area contributed by atoms with Crippen LogP contribution in [-0.2, 0) is 11.0 Å². The number of amides is 1. The van der Waals surface area contributed by atoms with Gasteiger partial charge in [0, 0.05) is 5.69 Å². The Bertz CT molecular complexity index is 1300. The average Bonchev–Trinajstić information content (AvgIpc) is 3.11. The number of carbonyl (C=O) groups excluding carboxylic acids is 1. The molecule has 0 aliphatic carbocycles. The summed E-state index contributed by atoms with van der Waals surface area (Å²) in [6.07, 6.45) is -5.00. The molecule has 0 fully saturated rings. The number of fused-ring (bicyclic) bond motifs is 1. The summed E-state index contributed by atoms with van der Waals surface area (Å²) in [7, 11) is 0. The number of nitrogens with one attached hydrogen (secondary N) is 1. The third-order valence-corrected chi connectivity index (χ3v) is 4.81. The normalized spacial score (nSPS) is 12.7. The molecule has 4 aromatic rings. The van der Waals surface area contributed by atoms with Crippen molar-refractivity contribution in [1.29, 1.82) is 0 Å². The van der Waals surface area contributed by atoms with Crippen LogP contribution in [0.4, 0.5) is 24.7 Å². The molecule has 1 atom stereocenters. The van der Waals surface area contributed by atoms with Crippen LogP contribution in [0, 0.1) is 6.92 Å². The minimum atomic E-state index is -4.58. The zero-order valence-electron chi connectivity index (χ0n) is 16.6. The van der Waals surface area contributed by atoms with Crippen molar-refractivity contribution in [1.82, 2.24) is 19.7 Å². The number of carbonyl (C=O) groups is 1. The molecule has 0 saturated carbocycles. The Hall–Kier alpha value is -3.99. The van der Waals surface area contributed by atoms with Crippen LogP contribution in [-0.4, -0.2) is 30.8 Å². The molecule has 0 saturated heterocycles. The van der Waals surface area contributed by atoms with Crippen molar-refractivity contribution in [2.24, 2.45) is 0 Å². The molecule has 11 heteroatoms. The van der Waals surface area contributed by atoms with E-state index >= 15 is 0 Å². The van der Waals surface area contributed by atoms with Gasteiger partial charge in [-0.05, 0) is 48.9 Å². The first-order chi connectivity index (χ1) is 15.1. The molecule has 0 spiro atoms. The van der Waals surface area contributed by atoms with Crippen molar-refractivity contribution in [2.45, 2.75) is 19.2 Å². The van der Waals surface area contributed by atoms with E-state index in [1.54, 1.807) is 35.9 Å². The van der Waals surface area contributed by atoms with Gasteiger partial charge in [-0.15, -0.1) is 0 Å². The molecule has 164 valence electrons. The highest BCUT2D eigenvalue weighted by atomic mass is 19.4. The Morgan fingerprint density at radius 3 is 2.56 bits per heavy atom. The Kier molecular flexibility index (Phi) is 5.26. The van der Waals surface area contributed by atoms with E-state index < -0.39 is 23.8 Å². The number of nitrogen functional groups attached to an aromatic ring is 1. The first-order valence-electron chi connectivity index (χ1n) is 9.37. The molecule has 2 aromatic carbocycles. The van der Waals surface area contributed by atoms with Crippen molar-refractivity contribution in [2.75, 3.05) is 11.1 Å². The van der Waals surface area contributed by atoms with Crippen LogP contribution in [0.5, 0.6) is 0 Å². The fourth-order valence-electron chi connectivity index (χ4n) is 3.23. The first-order valence-corrected chi connectivity index (χ1v) is 9.37. The van der Waals surface area contributed by atoms with Crippen molar-refractivity contribution in [3.63, 3.8) is 0 Å². The van der Waals surface area contributed by atoms with Gasteiger partial charge < -0.3 is 16.2 Å². The number of nitrogens with two attached hydrogens (primary N) is 1. The van der Waals surface area contributed by atoms with Crippen molar-refractivity contribution >= 4 is 28.4 Å². The second kappa shape index (κ2) is 7.93. The summed E-state index contributed by atoms with van der Waals surface area (Å²) in [5, 5.41) is 17.1. The summed E-state index contributed by atoms with van der Waals surface area (Å²) in [5.74, 6) is -0.604. The molecule has 4 N–H and O–H groups in total. The van der Waals surface area contributed by atoms with Gasteiger partial charge in [-0.3, -0.25) is 4.79 Å². The topological polar surface area (TPSA) is 119 Å². The molecular weight excluding hydrogens is 425 g/mol. The maximum Gasteiger partial charge on any atom is 0.416 e. The number of aryl methyl sites for hydroxylation is 1. The number of benzene rings is 2. The first kappa shape index (κ1) is 21.2. The summed E-state index contributed by atoms with van der Waals surface area (Å²) in [4.78, 5) is 20.5. The van der Waals surface area contributed by atoms with Gasteiger partial charge >= 0.3 is 6.18 Å². The maximum absolute atomic E-state index is 12.9. The third-order valence-electron chi connectivity index (χ3n) is 4.81. The monoisotopic (exact) mass is 442 g/mol. The lowest BCUT2D eigenvalue weighted by atomic mass is 10.1. The van der Waals surface area contributed by atoms with E-state index in [-0.39, 0.29) is 11.4 Å². The molecule has 4 rings (SSSR count). The highest BCUT2D eigenvalue weighted by molar-refractivity contribution is 5.95. The zero-order chi connectivity index (χ0) is 23.0. The van der Waals surface area contributed by atoms with Gasteiger partial charge in [-0.25, -0.2) is 14.6 Å². The summed E-state index contributed by atoms with van der Waals surface area (Å²) in [6, 6.07) is 10.4. The summed E-state index contributed by atoms with van der Waals surface area (Å²) in [6.45, 7) is 1.79. The van der Waals surface area contributed by atoms with Crippen LogP contribution < -0.4 is 11.1 Å². The summed E-state index contributed by atoms with van der Waals surface area (Å²) < 4.78 is 40.2. The van der Waals surface area contributed by atoms with E-state index in [0.29, 0.717) is 28.1 Å². The predicted molar refractivity (Wildman–Crippen MR) is 111 cm³/mol. The van der Waals surface area contributed by atoms with Crippen LogP contribution in [0.25, 0.3) is 16.7 Å². The van der Waals surface area contributed by atoms with E-state index in [1.165, 1.54) is 12.4 Å². The number of nitrogens with zero attached hydrogens (tertiary/aromatic N) is 4. The molecule has 1 unspecified atom stereocenters. The van der Waals surface area contributed by atoms with Crippen molar-refractivity contribution < 1.29 is 23.1 Å². The SMILES string of the molecule is Cc1nn(-c2ccc(NC(=O)C(O)c3cccc(C(F)(F)F)c3)cc2)c2c(N)ncnc12. The maximum atomic E-state index is 12.9. The number of halogens is 3. The number of hydrogen-bond acceptors (Lipinski definition) is 6. The van der Waals surface area contributed by atoms with Gasteiger partial charge in [0.2, 0.25) is 0 Å². The van der Waals surface area contributed by atoms with E-state index in [1.807, 2.05) is 0 Å². The molecule has 0 aliphatic heterocycles. The van der Waals surface area contributed by atoms with E-state index in [2.05, 4.69) is 20.4 Å². The Morgan fingerprint density at radius 2 is 1.88 bits per heavy atom. The number of rotatable bonds is 4. The minimum absolute atomic E-state index is 0.164. The van der Waals surface area contributed by atoms with E-state index in [0.717, 1.165) is 18.2 Å². The predicted octanol–water partition coefficient (Wildman–Crippen LogP) is 3.40. The molecule has 2 aromatic heterocycles. The fraction of sp³-hybridized carbons (Fsp3) is 0.143. The zero-order valence-corrected chi connectivity index (χ0v) is 16.6. The molecular formula is C21H17F3N6O2. The number of aliphatic hydroxyl groups excluding tert-OH is 1. The Morgan fingerprint density at radius 1 is 1.16 bits per heavy atom. The number of aromatic nitrogens is 4. The van der Waals surface area contributed by atoms with Gasteiger partial charge in [0.05, 0.1) is 16.9 Å². The lowest BCUT2D eigenvalue weighted by Crippen LogP contribution is -2.21. The molecule has 1 amide bonds. The summed E-state index contributed by atoms with van der Waals surface area (Å²) >= 11 is 0. The molecule has 0 bridgehead atoms. The van der Waals surface area contributed by atoms with Gasteiger partial charge in [0.25, 0.3) is 5.91 Å². The molecule has 0 aliphatic rings. The smallest absolute Gasteiger partial charge is 0.382 e.